The van der Waals surface area contributed by atoms with Crippen molar-refractivity contribution in [3.8, 4) is 0 Å². The van der Waals surface area contributed by atoms with Gasteiger partial charge >= 0.3 is 0 Å². The van der Waals surface area contributed by atoms with E-state index in [1.165, 1.54) is 34.1 Å². The lowest BCUT2D eigenvalue weighted by molar-refractivity contribution is -0.385. The molecule has 1 fully saturated rings. The number of nitro groups is 1. The van der Waals surface area contributed by atoms with Crippen LogP contribution in [0.5, 0.6) is 0 Å². The van der Waals surface area contributed by atoms with E-state index in [0.717, 1.165) is 5.01 Å². The zero-order valence-electron chi connectivity index (χ0n) is 14.8. The third kappa shape index (κ3) is 4.41. The first-order valence-electron chi connectivity index (χ1n) is 8.11. The first-order valence-corrected chi connectivity index (χ1v) is 9.74. The number of carbonyl (C=O) groups excluding carboxylic acids is 1. The monoisotopic (exact) mass is 413 g/mol. The zero-order chi connectivity index (χ0) is 20.1. The first kappa shape index (κ1) is 19.6. The molecule has 0 aliphatic carbocycles. The fraction of sp³-hybridized carbons (Fsp3) is 0.111. The molecule has 0 saturated carbocycles. The van der Waals surface area contributed by atoms with Crippen LogP contribution < -0.4 is 0 Å². The number of benzene rings is 1. The predicted molar refractivity (Wildman–Crippen MR) is 111 cm³/mol. The highest BCUT2D eigenvalue weighted by atomic mass is 32.2. The molecule has 1 aliphatic heterocycles. The lowest BCUT2D eigenvalue weighted by Crippen LogP contribution is -2.29. The number of nitro benzene ring substituents is 1. The van der Waals surface area contributed by atoms with E-state index in [4.69, 9.17) is 0 Å². The molecule has 1 aliphatic rings. The minimum atomic E-state index is -0.442. The highest BCUT2D eigenvalue weighted by Crippen LogP contribution is 2.33. The fourth-order valence-corrected chi connectivity index (χ4v) is 3.90. The van der Waals surface area contributed by atoms with Gasteiger partial charge in [0.1, 0.15) is 5.01 Å². The number of allylic oxidation sites excluding steroid dienone is 2. The van der Waals surface area contributed by atoms with Gasteiger partial charge in [0.05, 0.1) is 15.4 Å². The molecule has 0 radical (unpaired) electrons. The van der Waals surface area contributed by atoms with E-state index in [-0.39, 0.29) is 11.6 Å². The van der Waals surface area contributed by atoms with Crippen LogP contribution in [0, 0.1) is 17.0 Å². The van der Waals surface area contributed by atoms with Crippen molar-refractivity contribution in [3.05, 3.63) is 74.7 Å². The molecule has 1 aromatic carbocycles. The van der Waals surface area contributed by atoms with Crippen molar-refractivity contribution in [3.63, 3.8) is 0 Å². The normalized spacial score (nSPS) is 17.2. The summed E-state index contributed by atoms with van der Waals surface area (Å²) in [7, 11) is 0. The van der Waals surface area contributed by atoms with Crippen LogP contribution >= 0.6 is 23.1 Å². The van der Waals surface area contributed by atoms with Crippen molar-refractivity contribution < 1.29 is 9.72 Å². The standard InChI is InChI=1S/C18H15N5O3S2/c1-3-11-22-16(24)15(28-18(22)19-17-21-20-12(2)27-17)10-6-8-13-7-4-5-9-14(13)23(25)26/h3-10H,1,11H2,2H3/b8-6+,15-10-,19-18+. The Balaban J connectivity index is 1.86. The fourth-order valence-electron chi connectivity index (χ4n) is 2.34. The number of rotatable bonds is 6. The number of thioether (sulfide) groups is 1. The second-order valence-electron chi connectivity index (χ2n) is 5.51. The van der Waals surface area contributed by atoms with E-state index < -0.39 is 4.92 Å². The van der Waals surface area contributed by atoms with Crippen molar-refractivity contribution in [2.24, 2.45) is 4.99 Å². The third-order valence-corrected chi connectivity index (χ3v) is 5.32. The SMILES string of the molecule is C=CCN1C(=O)/C(=C/C=C/c2ccccc2[N+](=O)[O-])S/C1=N/c1nnc(C)s1. The Morgan fingerprint density at radius 2 is 2.14 bits per heavy atom. The number of hydrogen-bond donors (Lipinski definition) is 0. The Labute approximate surface area is 169 Å². The van der Waals surface area contributed by atoms with Gasteiger partial charge in [-0.25, -0.2) is 0 Å². The predicted octanol–water partition coefficient (Wildman–Crippen LogP) is 4.10. The number of aromatic nitrogens is 2. The first-order chi connectivity index (χ1) is 13.5. The molecule has 2 aromatic rings. The number of hydrogen-bond acceptors (Lipinski definition) is 8. The van der Waals surface area contributed by atoms with Gasteiger partial charge in [-0.2, -0.15) is 4.99 Å². The van der Waals surface area contributed by atoms with Crippen molar-refractivity contribution in [2.75, 3.05) is 6.54 Å². The van der Waals surface area contributed by atoms with Crippen molar-refractivity contribution in [2.45, 2.75) is 6.92 Å². The molecule has 3 rings (SSSR count). The molecule has 0 spiro atoms. The molecule has 2 heterocycles. The Bertz CT molecular complexity index is 1030. The summed E-state index contributed by atoms with van der Waals surface area (Å²) >= 11 is 2.54. The maximum Gasteiger partial charge on any atom is 0.276 e. The number of carbonyl (C=O) groups is 1. The summed E-state index contributed by atoms with van der Waals surface area (Å²) in [5.74, 6) is -0.211. The average molecular weight is 413 g/mol. The van der Waals surface area contributed by atoms with Crippen molar-refractivity contribution in [1.29, 1.82) is 0 Å². The molecular formula is C18H15N5O3S2. The van der Waals surface area contributed by atoms with Crippen LogP contribution in [0.15, 0.2) is 59.0 Å². The summed E-state index contributed by atoms with van der Waals surface area (Å²) in [5, 5.41) is 20.7. The van der Waals surface area contributed by atoms with Gasteiger partial charge in [0, 0.05) is 12.6 Å². The minimum Gasteiger partial charge on any atom is -0.282 e. The van der Waals surface area contributed by atoms with Crippen molar-refractivity contribution in [1.82, 2.24) is 15.1 Å². The maximum atomic E-state index is 12.7. The topological polar surface area (TPSA) is 102 Å². The minimum absolute atomic E-state index is 0.00438. The number of aliphatic imine (C=N–C) groups is 1. The molecule has 10 heteroatoms. The molecule has 0 bridgehead atoms. The lowest BCUT2D eigenvalue weighted by atomic mass is 10.1. The van der Waals surface area contributed by atoms with Gasteiger partial charge in [-0.15, -0.1) is 16.8 Å². The van der Waals surface area contributed by atoms with Gasteiger partial charge in [0.25, 0.3) is 11.6 Å². The molecule has 0 atom stereocenters. The lowest BCUT2D eigenvalue weighted by Gasteiger charge is -2.11. The number of para-hydroxylation sites is 1. The van der Waals surface area contributed by atoms with Crippen LogP contribution in [0.3, 0.4) is 0 Å². The summed E-state index contributed by atoms with van der Waals surface area (Å²) in [6.45, 7) is 5.82. The molecule has 1 aromatic heterocycles. The van der Waals surface area contributed by atoms with Crippen LogP contribution in [-0.4, -0.2) is 37.6 Å². The summed E-state index contributed by atoms with van der Waals surface area (Å²) < 4.78 is 0. The smallest absolute Gasteiger partial charge is 0.276 e. The number of aryl methyl sites for hydroxylation is 1. The van der Waals surface area contributed by atoms with Crippen LogP contribution in [0.2, 0.25) is 0 Å². The van der Waals surface area contributed by atoms with E-state index >= 15 is 0 Å². The molecule has 28 heavy (non-hydrogen) atoms. The molecule has 0 unspecified atom stereocenters. The summed E-state index contributed by atoms with van der Waals surface area (Å²) in [6, 6.07) is 6.40. The largest absolute Gasteiger partial charge is 0.282 e. The van der Waals surface area contributed by atoms with Crippen LogP contribution in [0.1, 0.15) is 10.6 Å². The van der Waals surface area contributed by atoms with E-state index in [0.29, 0.717) is 27.3 Å². The Hall–Kier alpha value is -3.11. The van der Waals surface area contributed by atoms with E-state index in [1.54, 1.807) is 42.5 Å². The number of amidine groups is 1. The second-order valence-corrected chi connectivity index (χ2v) is 7.68. The summed E-state index contributed by atoms with van der Waals surface area (Å²) in [6.07, 6.45) is 6.45. The number of amides is 1. The van der Waals surface area contributed by atoms with Crippen molar-refractivity contribution >= 4 is 51.1 Å². The molecule has 142 valence electrons. The quantitative estimate of drug-likeness (QED) is 0.306. The third-order valence-electron chi connectivity index (χ3n) is 3.56. The Morgan fingerprint density at radius 1 is 1.36 bits per heavy atom. The van der Waals surface area contributed by atoms with E-state index in [9.17, 15) is 14.9 Å². The molecule has 8 nitrogen and oxygen atoms in total. The molecule has 0 N–H and O–H groups in total. The molecule has 1 saturated heterocycles. The van der Waals surface area contributed by atoms with Gasteiger partial charge in [-0.3, -0.25) is 19.8 Å². The van der Waals surface area contributed by atoms with Crippen LogP contribution in [-0.2, 0) is 4.79 Å². The van der Waals surface area contributed by atoms with E-state index in [2.05, 4.69) is 21.8 Å². The van der Waals surface area contributed by atoms with Gasteiger partial charge in [-0.1, -0.05) is 35.6 Å². The zero-order valence-corrected chi connectivity index (χ0v) is 16.4. The van der Waals surface area contributed by atoms with Crippen LogP contribution in [0.4, 0.5) is 10.8 Å². The highest BCUT2D eigenvalue weighted by Gasteiger charge is 2.32. The van der Waals surface area contributed by atoms with Gasteiger partial charge < -0.3 is 0 Å². The molecule has 1 amide bonds. The summed E-state index contributed by atoms with van der Waals surface area (Å²) in [4.78, 5) is 29.7. The van der Waals surface area contributed by atoms with Gasteiger partial charge in [0.15, 0.2) is 5.17 Å². The van der Waals surface area contributed by atoms with E-state index in [1.807, 2.05) is 6.92 Å². The molecular weight excluding hydrogens is 398 g/mol. The average Bonchev–Trinajstić information content (AvgIpc) is 3.20. The second kappa shape index (κ2) is 8.72. The van der Waals surface area contributed by atoms with Gasteiger partial charge in [-0.05, 0) is 36.9 Å². The van der Waals surface area contributed by atoms with Gasteiger partial charge in [0.2, 0.25) is 5.13 Å². The number of nitrogens with zero attached hydrogens (tertiary/aromatic N) is 5. The summed E-state index contributed by atoms with van der Waals surface area (Å²) in [5.41, 5.74) is 0.464. The maximum absolute atomic E-state index is 12.7. The Morgan fingerprint density at radius 3 is 2.82 bits per heavy atom. The Kier molecular flexibility index (Phi) is 6.12. The van der Waals surface area contributed by atoms with Crippen LogP contribution in [0.25, 0.3) is 6.08 Å². The highest BCUT2D eigenvalue weighted by molar-refractivity contribution is 8.18.